The molecule has 0 aliphatic rings. The van der Waals surface area contributed by atoms with Crippen molar-refractivity contribution in [3.8, 4) is 5.75 Å². The number of anilines is 1. The number of nitrogens with zero attached hydrogens (tertiary/aromatic N) is 6. The van der Waals surface area contributed by atoms with Crippen LogP contribution in [0.2, 0.25) is 0 Å². The fourth-order valence-electron chi connectivity index (χ4n) is 2.97. The van der Waals surface area contributed by atoms with Crippen molar-refractivity contribution in [1.82, 2.24) is 30.0 Å². The molecule has 30 heavy (non-hydrogen) atoms. The van der Waals surface area contributed by atoms with Crippen LogP contribution in [0.25, 0.3) is 11.0 Å². The van der Waals surface area contributed by atoms with Gasteiger partial charge in [-0.3, -0.25) is 9.67 Å². The molecular weight excluding hydrogens is 394 g/mol. The zero-order chi connectivity index (χ0) is 21.5. The van der Waals surface area contributed by atoms with Crippen molar-refractivity contribution in [3.63, 3.8) is 0 Å². The maximum absolute atomic E-state index is 12.2. The molecule has 160 valence electrons. The van der Waals surface area contributed by atoms with E-state index in [1.807, 2.05) is 19.0 Å². The van der Waals surface area contributed by atoms with E-state index in [0.717, 1.165) is 22.4 Å². The van der Waals surface area contributed by atoms with E-state index < -0.39 is 6.61 Å². The van der Waals surface area contributed by atoms with Crippen LogP contribution in [-0.4, -0.2) is 64.4 Å². The molecule has 2 N–H and O–H groups in total. The monoisotopic (exact) mass is 418 g/mol. The van der Waals surface area contributed by atoms with Crippen LogP contribution in [0.4, 0.5) is 14.6 Å². The summed E-state index contributed by atoms with van der Waals surface area (Å²) in [5.41, 5.74) is 1.71. The highest BCUT2D eigenvalue weighted by atomic mass is 19.3. The number of rotatable bonds is 8. The minimum atomic E-state index is -2.83. The molecular formula is C19H24F2N8O. The predicted octanol–water partition coefficient (Wildman–Crippen LogP) is 2.08. The molecule has 0 bridgehead atoms. The van der Waals surface area contributed by atoms with Crippen LogP contribution >= 0.6 is 0 Å². The van der Waals surface area contributed by atoms with Gasteiger partial charge in [0.2, 0.25) is 0 Å². The van der Waals surface area contributed by atoms with Crippen molar-refractivity contribution in [1.29, 1.82) is 0 Å². The average Bonchev–Trinajstić information content (AvgIpc) is 3.11. The molecule has 0 aliphatic heterocycles. The first-order chi connectivity index (χ1) is 14.5. The summed E-state index contributed by atoms with van der Waals surface area (Å²) in [7, 11) is 5.44. The van der Waals surface area contributed by atoms with E-state index in [1.165, 1.54) is 18.5 Å². The van der Waals surface area contributed by atoms with Gasteiger partial charge in [-0.2, -0.15) is 13.9 Å². The lowest BCUT2D eigenvalue weighted by atomic mass is 10.2. The number of benzene rings is 1. The number of fused-ring (bicyclic) bond motifs is 1. The fraction of sp³-hybridized carbons (Fsp3) is 0.368. The van der Waals surface area contributed by atoms with Crippen LogP contribution in [-0.2, 0) is 13.6 Å². The molecule has 0 fully saturated rings. The second kappa shape index (κ2) is 9.81. The first kappa shape index (κ1) is 21.2. The van der Waals surface area contributed by atoms with Gasteiger partial charge < -0.3 is 20.3 Å². The maximum Gasteiger partial charge on any atom is 0.387 e. The number of nitrogens with one attached hydrogen (secondary N) is 2. The molecule has 0 atom stereocenters. The third-order valence-electron chi connectivity index (χ3n) is 4.37. The van der Waals surface area contributed by atoms with Crippen LogP contribution in [0.1, 0.15) is 5.56 Å². The van der Waals surface area contributed by atoms with E-state index in [9.17, 15) is 8.78 Å². The Morgan fingerprint density at radius 3 is 2.70 bits per heavy atom. The highest BCUT2D eigenvalue weighted by Crippen LogP contribution is 2.17. The first-order valence-corrected chi connectivity index (χ1v) is 9.30. The SMILES string of the molecule is CN=C(NCCNc1ncnc2c1cnn2C)N(C)Cc1ccc(OC(F)F)cc1. The number of aromatic nitrogens is 4. The molecule has 11 heteroatoms. The molecule has 0 amide bonds. The van der Waals surface area contributed by atoms with E-state index in [4.69, 9.17) is 0 Å². The second-order valence-corrected chi connectivity index (χ2v) is 6.51. The number of ether oxygens (including phenoxy) is 1. The summed E-state index contributed by atoms with van der Waals surface area (Å²) >= 11 is 0. The van der Waals surface area contributed by atoms with Crippen molar-refractivity contribution in [2.24, 2.45) is 12.0 Å². The summed E-state index contributed by atoms with van der Waals surface area (Å²) in [6.07, 6.45) is 3.24. The van der Waals surface area contributed by atoms with Gasteiger partial charge in [-0.25, -0.2) is 9.97 Å². The lowest BCUT2D eigenvalue weighted by molar-refractivity contribution is -0.0498. The highest BCUT2D eigenvalue weighted by molar-refractivity contribution is 5.86. The number of aliphatic imine (C=N–C) groups is 1. The van der Waals surface area contributed by atoms with Crippen LogP contribution < -0.4 is 15.4 Å². The van der Waals surface area contributed by atoms with Crippen LogP contribution in [0.3, 0.4) is 0 Å². The van der Waals surface area contributed by atoms with Crippen molar-refractivity contribution >= 4 is 22.8 Å². The summed E-state index contributed by atoms with van der Waals surface area (Å²) < 4.78 is 30.6. The zero-order valence-electron chi connectivity index (χ0n) is 17.0. The number of alkyl halides is 2. The summed E-state index contributed by atoms with van der Waals surface area (Å²) in [5.74, 6) is 1.57. The van der Waals surface area contributed by atoms with E-state index in [1.54, 1.807) is 30.1 Å². The van der Waals surface area contributed by atoms with Crippen molar-refractivity contribution in [2.75, 3.05) is 32.5 Å². The lowest BCUT2D eigenvalue weighted by Crippen LogP contribution is -2.40. The zero-order valence-corrected chi connectivity index (χ0v) is 17.0. The largest absolute Gasteiger partial charge is 0.435 e. The molecule has 0 aliphatic carbocycles. The topological polar surface area (TPSA) is 92.5 Å². The van der Waals surface area contributed by atoms with E-state index in [-0.39, 0.29) is 5.75 Å². The second-order valence-electron chi connectivity index (χ2n) is 6.51. The van der Waals surface area contributed by atoms with Gasteiger partial charge in [-0.05, 0) is 17.7 Å². The third-order valence-corrected chi connectivity index (χ3v) is 4.37. The first-order valence-electron chi connectivity index (χ1n) is 9.30. The quantitative estimate of drug-likeness (QED) is 0.329. The molecule has 2 aromatic heterocycles. The standard InChI is InChI=1S/C19H24F2N8O/c1-22-19(28(2)11-13-4-6-14(7-5-13)30-18(20)21)24-9-8-23-16-15-10-27-29(3)17(15)26-12-25-16/h4-7,10,12,18H,8-9,11H2,1-3H3,(H,22,24)(H,23,25,26). The van der Waals surface area contributed by atoms with E-state index >= 15 is 0 Å². The Bertz CT molecular complexity index is 990. The van der Waals surface area contributed by atoms with Crippen molar-refractivity contribution in [3.05, 3.63) is 42.4 Å². The Labute approximate surface area is 172 Å². The van der Waals surface area contributed by atoms with E-state index in [0.29, 0.717) is 25.6 Å². The molecule has 9 nitrogen and oxygen atoms in total. The maximum atomic E-state index is 12.2. The van der Waals surface area contributed by atoms with Crippen molar-refractivity contribution < 1.29 is 13.5 Å². The molecule has 0 unspecified atom stereocenters. The normalized spacial score (nSPS) is 11.7. The number of aryl methyl sites for hydroxylation is 1. The number of hydrogen-bond acceptors (Lipinski definition) is 6. The molecule has 3 rings (SSSR count). The number of halogens is 2. The third kappa shape index (κ3) is 5.31. The smallest absolute Gasteiger partial charge is 0.387 e. The lowest BCUT2D eigenvalue weighted by Gasteiger charge is -2.22. The molecule has 2 heterocycles. The Hall–Kier alpha value is -3.50. The van der Waals surface area contributed by atoms with Crippen LogP contribution in [0.15, 0.2) is 41.8 Å². The van der Waals surface area contributed by atoms with E-state index in [2.05, 4.69) is 35.4 Å². The Balaban J connectivity index is 1.49. The van der Waals surface area contributed by atoms with Crippen LogP contribution in [0.5, 0.6) is 5.75 Å². The molecule has 0 radical (unpaired) electrons. The van der Waals surface area contributed by atoms with Gasteiger partial charge in [0, 0.05) is 40.8 Å². The summed E-state index contributed by atoms with van der Waals surface area (Å²) in [5, 5.41) is 11.6. The molecule has 0 spiro atoms. The Morgan fingerprint density at radius 2 is 2.00 bits per heavy atom. The predicted molar refractivity (Wildman–Crippen MR) is 111 cm³/mol. The Morgan fingerprint density at radius 1 is 1.23 bits per heavy atom. The van der Waals surface area contributed by atoms with Gasteiger partial charge in [0.15, 0.2) is 11.6 Å². The average molecular weight is 418 g/mol. The van der Waals surface area contributed by atoms with Gasteiger partial charge >= 0.3 is 6.61 Å². The van der Waals surface area contributed by atoms with Gasteiger partial charge in [-0.1, -0.05) is 12.1 Å². The Kier molecular flexibility index (Phi) is 6.94. The summed E-state index contributed by atoms with van der Waals surface area (Å²) in [4.78, 5) is 14.7. The fourth-order valence-corrected chi connectivity index (χ4v) is 2.97. The van der Waals surface area contributed by atoms with Gasteiger partial charge in [0.1, 0.15) is 17.9 Å². The van der Waals surface area contributed by atoms with Gasteiger partial charge in [0.25, 0.3) is 0 Å². The summed E-state index contributed by atoms with van der Waals surface area (Å²) in [6, 6.07) is 6.54. The minimum absolute atomic E-state index is 0.137. The van der Waals surface area contributed by atoms with Gasteiger partial charge in [0.05, 0.1) is 11.6 Å². The number of hydrogen-bond donors (Lipinski definition) is 2. The summed E-state index contributed by atoms with van der Waals surface area (Å²) in [6.45, 7) is -1.03. The highest BCUT2D eigenvalue weighted by Gasteiger charge is 2.09. The van der Waals surface area contributed by atoms with Crippen LogP contribution in [0, 0.1) is 0 Å². The molecule has 1 aromatic carbocycles. The molecule has 3 aromatic rings. The van der Waals surface area contributed by atoms with Crippen molar-refractivity contribution in [2.45, 2.75) is 13.2 Å². The molecule has 0 saturated carbocycles. The van der Waals surface area contributed by atoms with Gasteiger partial charge in [-0.15, -0.1) is 0 Å². The molecule has 0 saturated heterocycles. The number of guanidine groups is 1. The minimum Gasteiger partial charge on any atom is -0.435 e.